The summed E-state index contributed by atoms with van der Waals surface area (Å²) in [5.41, 5.74) is 0. The largest absolute Gasteiger partial charge is 0.298 e. The van der Waals surface area contributed by atoms with E-state index in [9.17, 15) is 0 Å². The Bertz CT molecular complexity index is 72.8. The Morgan fingerprint density at radius 1 is 1.10 bits per heavy atom. The van der Waals surface area contributed by atoms with Crippen LogP contribution in [0.1, 0.15) is 46.0 Å². The molecule has 1 rings (SSSR count). The van der Waals surface area contributed by atoms with Gasteiger partial charge in [-0.15, -0.1) is 0 Å². The van der Waals surface area contributed by atoms with Crippen LogP contribution in [0.3, 0.4) is 0 Å². The second-order valence-electron chi connectivity index (χ2n) is 2.47. The first-order valence-corrected chi connectivity index (χ1v) is 4.39. The third-order valence-electron chi connectivity index (χ3n) is 1.83. The highest BCUT2D eigenvalue weighted by molar-refractivity contribution is 5.24. The molecule has 0 aromatic rings. The Balaban J connectivity index is 0.000000371. The van der Waals surface area contributed by atoms with E-state index in [1.165, 1.54) is 32.1 Å². The molecule has 0 bridgehead atoms. The molecule has 1 aliphatic rings. The van der Waals surface area contributed by atoms with Crippen molar-refractivity contribution in [3.8, 4) is 0 Å². The molecule has 10 heavy (non-hydrogen) atoms. The molecule has 0 unspecified atom stereocenters. The van der Waals surface area contributed by atoms with E-state index in [1.807, 2.05) is 13.8 Å². The van der Waals surface area contributed by atoms with Gasteiger partial charge in [-0.1, -0.05) is 33.1 Å². The lowest BCUT2D eigenvalue weighted by Crippen LogP contribution is -2.08. The molecule has 0 heterocycles. The topological polar surface area (TPSA) is 12.4 Å². The molecule has 0 aliphatic heterocycles. The molecule has 60 valence electrons. The summed E-state index contributed by atoms with van der Waals surface area (Å²) >= 11 is 0. The molecule has 1 nitrogen and oxygen atoms in total. The molecule has 1 saturated carbocycles. The van der Waals surface area contributed by atoms with E-state index in [2.05, 4.69) is 11.7 Å². The van der Waals surface area contributed by atoms with E-state index >= 15 is 0 Å². The first-order valence-electron chi connectivity index (χ1n) is 4.39. The molecule has 1 aliphatic carbocycles. The van der Waals surface area contributed by atoms with Crippen LogP contribution in [0, 0.1) is 0 Å². The average Bonchev–Trinajstić information content (AvgIpc) is 2.10. The summed E-state index contributed by atoms with van der Waals surface area (Å²) in [6, 6.07) is 0.601. The third kappa shape index (κ3) is 3.65. The molecule has 0 N–H and O–H groups in total. The molecule has 0 aromatic heterocycles. The SMILES string of the molecule is C=NC1CCCCC1.CC. The average molecular weight is 141 g/mol. The van der Waals surface area contributed by atoms with Crippen LogP contribution in [0.15, 0.2) is 4.99 Å². The normalized spacial score (nSPS) is 19.0. The van der Waals surface area contributed by atoms with Crippen LogP contribution in [-0.4, -0.2) is 12.8 Å². The van der Waals surface area contributed by atoms with E-state index < -0.39 is 0 Å². The quantitative estimate of drug-likeness (QED) is 0.498. The highest BCUT2D eigenvalue weighted by Gasteiger charge is 2.09. The van der Waals surface area contributed by atoms with E-state index in [0.717, 1.165) is 0 Å². The lowest BCUT2D eigenvalue weighted by atomic mass is 9.96. The van der Waals surface area contributed by atoms with E-state index in [0.29, 0.717) is 6.04 Å². The van der Waals surface area contributed by atoms with Crippen LogP contribution in [-0.2, 0) is 0 Å². The highest BCUT2D eigenvalue weighted by Crippen LogP contribution is 2.19. The van der Waals surface area contributed by atoms with Gasteiger partial charge in [-0.2, -0.15) is 0 Å². The zero-order chi connectivity index (χ0) is 7.82. The smallest absolute Gasteiger partial charge is 0.0492 e. The summed E-state index contributed by atoms with van der Waals surface area (Å²) in [5.74, 6) is 0. The second kappa shape index (κ2) is 6.79. The molecular weight excluding hydrogens is 122 g/mol. The minimum atomic E-state index is 0.601. The van der Waals surface area contributed by atoms with Gasteiger partial charge in [0.15, 0.2) is 0 Å². The van der Waals surface area contributed by atoms with Crippen molar-refractivity contribution in [3.63, 3.8) is 0 Å². The Labute approximate surface area is 64.6 Å². The summed E-state index contributed by atoms with van der Waals surface area (Å²) in [6.07, 6.45) is 6.70. The lowest BCUT2D eigenvalue weighted by molar-refractivity contribution is 0.445. The van der Waals surface area contributed by atoms with Crippen LogP contribution in [0.2, 0.25) is 0 Å². The monoisotopic (exact) mass is 141 g/mol. The van der Waals surface area contributed by atoms with Crippen molar-refractivity contribution < 1.29 is 0 Å². The van der Waals surface area contributed by atoms with E-state index in [4.69, 9.17) is 0 Å². The lowest BCUT2D eigenvalue weighted by Gasteiger charge is -2.15. The third-order valence-corrected chi connectivity index (χ3v) is 1.83. The zero-order valence-corrected chi connectivity index (χ0v) is 7.27. The fourth-order valence-corrected chi connectivity index (χ4v) is 1.26. The number of aliphatic imine (C=N–C) groups is 1. The summed E-state index contributed by atoms with van der Waals surface area (Å²) in [4.78, 5) is 4.00. The van der Waals surface area contributed by atoms with Crippen molar-refractivity contribution in [1.82, 2.24) is 0 Å². The fourth-order valence-electron chi connectivity index (χ4n) is 1.26. The van der Waals surface area contributed by atoms with Gasteiger partial charge < -0.3 is 0 Å². The van der Waals surface area contributed by atoms with Crippen LogP contribution in [0.4, 0.5) is 0 Å². The Kier molecular flexibility index (Phi) is 6.56. The van der Waals surface area contributed by atoms with E-state index in [-0.39, 0.29) is 0 Å². The van der Waals surface area contributed by atoms with Crippen molar-refractivity contribution in [3.05, 3.63) is 0 Å². The maximum Gasteiger partial charge on any atom is 0.0492 e. The van der Waals surface area contributed by atoms with Gasteiger partial charge in [0.2, 0.25) is 0 Å². The minimum absolute atomic E-state index is 0.601. The summed E-state index contributed by atoms with van der Waals surface area (Å²) in [5, 5.41) is 0. The zero-order valence-electron chi connectivity index (χ0n) is 7.27. The second-order valence-corrected chi connectivity index (χ2v) is 2.47. The van der Waals surface area contributed by atoms with Gasteiger partial charge >= 0.3 is 0 Å². The molecule has 0 saturated heterocycles. The van der Waals surface area contributed by atoms with Crippen LogP contribution >= 0.6 is 0 Å². The molecule has 0 radical (unpaired) electrons. The predicted molar refractivity (Wildman–Crippen MR) is 47.8 cm³/mol. The van der Waals surface area contributed by atoms with Crippen molar-refractivity contribution in [2.75, 3.05) is 0 Å². The molecule has 1 fully saturated rings. The first kappa shape index (κ1) is 9.67. The highest BCUT2D eigenvalue weighted by atomic mass is 14.7. The van der Waals surface area contributed by atoms with E-state index in [1.54, 1.807) is 0 Å². The Morgan fingerprint density at radius 2 is 1.60 bits per heavy atom. The molecule has 0 aromatic carbocycles. The van der Waals surface area contributed by atoms with Crippen LogP contribution < -0.4 is 0 Å². The standard InChI is InChI=1S/C7H13N.C2H6/c1-8-7-5-3-2-4-6-7;1-2/h7H,1-6H2;1-2H3. The summed E-state index contributed by atoms with van der Waals surface area (Å²) < 4.78 is 0. The fraction of sp³-hybridized carbons (Fsp3) is 0.889. The maximum absolute atomic E-state index is 4.00. The molecule has 0 spiro atoms. The molecule has 0 amide bonds. The minimum Gasteiger partial charge on any atom is -0.298 e. The Hall–Kier alpha value is -0.330. The van der Waals surface area contributed by atoms with Crippen molar-refractivity contribution >= 4 is 6.72 Å². The van der Waals surface area contributed by atoms with Crippen LogP contribution in [0.25, 0.3) is 0 Å². The first-order chi connectivity index (χ1) is 4.93. The van der Waals surface area contributed by atoms with Gasteiger partial charge in [-0.3, -0.25) is 4.99 Å². The number of rotatable bonds is 1. The summed E-state index contributed by atoms with van der Waals surface area (Å²) in [7, 11) is 0. The maximum atomic E-state index is 4.00. The van der Waals surface area contributed by atoms with Crippen molar-refractivity contribution in [1.29, 1.82) is 0 Å². The van der Waals surface area contributed by atoms with Crippen molar-refractivity contribution in [2.24, 2.45) is 4.99 Å². The van der Waals surface area contributed by atoms with Crippen molar-refractivity contribution in [2.45, 2.75) is 52.0 Å². The Morgan fingerprint density at radius 3 is 1.90 bits per heavy atom. The van der Waals surface area contributed by atoms with Gasteiger partial charge in [0.1, 0.15) is 0 Å². The molecule has 1 heteroatoms. The molecular formula is C9H19N. The van der Waals surface area contributed by atoms with Gasteiger partial charge in [0, 0.05) is 6.04 Å². The van der Waals surface area contributed by atoms with Gasteiger partial charge in [-0.25, -0.2) is 0 Å². The predicted octanol–water partition coefficient (Wildman–Crippen LogP) is 3.05. The number of hydrogen-bond donors (Lipinski definition) is 0. The van der Waals surface area contributed by atoms with Gasteiger partial charge in [0.05, 0.1) is 0 Å². The number of hydrogen-bond acceptors (Lipinski definition) is 1. The number of nitrogens with zero attached hydrogens (tertiary/aromatic N) is 1. The van der Waals surface area contributed by atoms with Gasteiger partial charge in [0.25, 0.3) is 0 Å². The van der Waals surface area contributed by atoms with Gasteiger partial charge in [-0.05, 0) is 19.6 Å². The summed E-state index contributed by atoms with van der Waals surface area (Å²) in [6.45, 7) is 7.53. The molecule has 0 atom stereocenters. The van der Waals surface area contributed by atoms with Crippen LogP contribution in [0.5, 0.6) is 0 Å².